The minimum atomic E-state index is -1.23. The quantitative estimate of drug-likeness (QED) is 0.271. The normalized spacial score (nSPS) is 15.2. The molecule has 17 heteroatoms. The van der Waals surface area contributed by atoms with Gasteiger partial charge in [-0.15, -0.1) is 0 Å². The Bertz CT molecular complexity index is 2010. The lowest BCUT2D eigenvalue weighted by Crippen LogP contribution is -2.43. The van der Waals surface area contributed by atoms with E-state index in [1.165, 1.54) is 17.1 Å². The topological polar surface area (TPSA) is 138 Å². The number of hydrogen-bond acceptors (Lipinski definition) is 8. The monoisotopic (exact) mass is 630 g/mol. The SMILES string of the molecule is CN1CC[C@H](n2cc3cc(Nc4nc(=O)n(Cc5ncn(C)n5)c(=O)n4Cc4cc(F)c(F)c(Cl)c4)c(Cl)cc3n2)C1=O. The van der Waals surface area contributed by atoms with E-state index < -0.39 is 34.1 Å². The van der Waals surface area contributed by atoms with Crippen molar-refractivity contribution in [1.82, 2.24) is 43.6 Å². The van der Waals surface area contributed by atoms with Gasteiger partial charge in [0.25, 0.3) is 0 Å². The summed E-state index contributed by atoms with van der Waals surface area (Å²) < 4.78 is 32.9. The number of likely N-dealkylation sites (N-methyl/N-ethyl adjacent to an activating group) is 1. The molecule has 1 amide bonds. The average molecular weight is 631 g/mol. The molecule has 4 heterocycles. The smallest absolute Gasteiger partial charge is 0.344 e. The fourth-order valence-electron chi connectivity index (χ4n) is 4.87. The molecule has 0 spiro atoms. The molecule has 1 atom stereocenters. The maximum Gasteiger partial charge on any atom is 0.355 e. The van der Waals surface area contributed by atoms with Crippen LogP contribution in [0.2, 0.25) is 10.0 Å². The van der Waals surface area contributed by atoms with Crippen molar-refractivity contribution in [3.05, 3.63) is 90.8 Å². The Labute approximate surface area is 250 Å². The van der Waals surface area contributed by atoms with E-state index in [1.807, 2.05) is 0 Å². The Kier molecular flexibility index (Phi) is 7.22. The molecule has 1 aliphatic heterocycles. The van der Waals surface area contributed by atoms with E-state index >= 15 is 0 Å². The predicted molar refractivity (Wildman–Crippen MR) is 153 cm³/mol. The van der Waals surface area contributed by atoms with E-state index in [9.17, 15) is 23.2 Å². The van der Waals surface area contributed by atoms with Gasteiger partial charge in [0.1, 0.15) is 12.4 Å². The molecule has 43 heavy (non-hydrogen) atoms. The molecule has 222 valence electrons. The number of carbonyl (C=O) groups excluding carboxylic acids is 1. The van der Waals surface area contributed by atoms with E-state index in [1.54, 1.807) is 42.0 Å². The molecule has 2 aromatic carbocycles. The Morgan fingerprint density at radius 3 is 2.47 bits per heavy atom. The molecule has 6 rings (SSSR count). The van der Waals surface area contributed by atoms with Crippen LogP contribution in [0.25, 0.3) is 10.9 Å². The van der Waals surface area contributed by atoms with Crippen molar-refractivity contribution in [3.8, 4) is 0 Å². The summed E-state index contributed by atoms with van der Waals surface area (Å²) in [5, 5.41) is 11.9. The van der Waals surface area contributed by atoms with Crippen LogP contribution in [0.3, 0.4) is 0 Å². The van der Waals surface area contributed by atoms with Gasteiger partial charge in [-0.25, -0.2) is 27.9 Å². The van der Waals surface area contributed by atoms with Crippen LogP contribution < -0.4 is 16.7 Å². The van der Waals surface area contributed by atoms with Crippen LogP contribution in [-0.4, -0.2) is 63.1 Å². The van der Waals surface area contributed by atoms with Crippen molar-refractivity contribution in [2.24, 2.45) is 7.05 Å². The fraction of sp³-hybridized carbons (Fsp3) is 0.269. The maximum absolute atomic E-state index is 14.2. The molecule has 1 fully saturated rings. The highest BCUT2D eigenvalue weighted by molar-refractivity contribution is 6.34. The first kappa shape index (κ1) is 28.5. The molecule has 0 radical (unpaired) electrons. The van der Waals surface area contributed by atoms with Gasteiger partial charge in [0.05, 0.1) is 34.3 Å². The first-order valence-corrected chi connectivity index (χ1v) is 13.6. The second-order valence-corrected chi connectivity index (χ2v) is 10.9. The number of nitrogens with one attached hydrogen (secondary N) is 1. The minimum absolute atomic E-state index is 0.0516. The average Bonchev–Trinajstić information content (AvgIpc) is 3.65. The van der Waals surface area contributed by atoms with Crippen LogP contribution in [0.4, 0.5) is 20.4 Å². The van der Waals surface area contributed by atoms with Gasteiger partial charge in [-0.2, -0.15) is 15.2 Å². The van der Waals surface area contributed by atoms with Crippen LogP contribution in [0.5, 0.6) is 0 Å². The minimum Gasteiger partial charge on any atom is -0.344 e. The number of halogens is 4. The fourth-order valence-corrected chi connectivity index (χ4v) is 5.31. The van der Waals surface area contributed by atoms with Crippen molar-refractivity contribution >= 4 is 51.6 Å². The Morgan fingerprint density at radius 1 is 1.00 bits per heavy atom. The van der Waals surface area contributed by atoms with Crippen LogP contribution in [0, 0.1) is 11.6 Å². The molecule has 0 saturated carbocycles. The molecule has 0 aliphatic carbocycles. The summed E-state index contributed by atoms with van der Waals surface area (Å²) in [6, 6.07) is 4.83. The molecular formula is C26H22Cl2F2N10O3. The summed E-state index contributed by atoms with van der Waals surface area (Å²) >= 11 is 12.4. The molecule has 13 nitrogen and oxygen atoms in total. The number of likely N-dealkylation sites (tertiary alicyclic amines) is 1. The third-order valence-electron chi connectivity index (χ3n) is 7.06. The predicted octanol–water partition coefficient (Wildman–Crippen LogP) is 2.71. The lowest BCUT2D eigenvalue weighted by molar-refractivity contribution is -0.129. The Morgan fingerprint density at radius 2 is 1.79 bits per heavy atom. The van der Waals surface area contributed by atoms with E-state index in [0.29, 0.717) is 23.9 Å². The summed E-state index contributed by atoms with van der Waals surface area (Å²) in [5.74, 6) is -2.52. The van der Waals surface area contributed by atoms with Gasteiger partial charge in [0.15, 0.2) is 17.5 Å². The lowest BCUT2D eigenvalue weighted by atomic mass is 10.2. The maximum atomic E-state index is 14.2. The number of hydrogen-bond donors (Lipinski definition) is 1. The molecule has 1 saturated heterocycles. The largest absolute Gasteiger partial charge is 0.355 e. The molecule has 3 aromatic heterocycles. The Hall–Kier alpha value is -4.63. The van der Waals surface area contributed by atoms with Gasteiger partial charge in [-0.05, 0) is 36.2 Å². The van der Waals surface area contributed by atoms with Crippen molar-refractivity contribution in [2.45, 2.75) is 25.6 Å². The summed E-state index contributed by atoms with van der Waals surface area (Å²) in [7, 11) is 3.36. The van der Waals surface area contributed by atoms with Gasteiger partial charge in [0.2, 0.25) is 11.9 Å². The van der Waals surface area contributed by atoms with Crippen LogP contribution in [0.15, 0.2) is 46.4 Å². The van der Waals surface area contributed by atoms with Crippen LogP contribution in [0.1, 0.15) is 23.9 Å². The van der Waals surface area contributed by atoms with Crippen molar-refractivity contribution < 1.29 is 13.6 Å². The first-order chi connectivity index (χ1) is 20.5. The highest BCUT2D eigenvalue weighted by Gasteiger charge is 2.31. The van der Waals surface area contributed by atoms with E-state index in [2.05, 4.69) is 25.5 Å². The van der Waals surface area contributed by atoms with Gasteiger partial charge >= 0.3 is 11.4 Å². The van der Waals surface area contributed by atoms with E-state index in [0.717, 1.165) is 15.2 Å². The molecule has 0 unspecified atom stereocenters. The zero-order chi connectivity index (χ0) is 30.6. The second-order valence-electron chi connectivity index (χ2n) is 10.1. The number of aryl methyl sites for hydroxylation is 1. The van der Waals surface area contributed by atoms with Crippen molar-refractivity contribution in [1.29, 1.82) is 0 Å². The standard InChI is InChI=1S/C26H22Cl2F2N10O3/c1-36-4-3-20(23(36)41)40-10-14-7-19(15(27)8-18(14)34-40)32-24-33-25(42)39(11-21-31-12-37(2)35-21)26(43)38(24)9-13-5-16(28)22(30)17(29)6-13/h5-8,10,12,20H,3-4,9,11H2,1-2H3,(H,32,33,42)/t20-/m0/s1. The van der Waals surface area contributed by atoms with E-state index in [-0.39, 0.29) is 47.0 Å². The number of benzene rings is 2. The third-order valence-corrected chi connectivity index (χ3v) is 7.64. The van der Waals surface area contributed by atoms with Gasteiger partial charge < -0.3 is 10.2 Å². The van der Waals surface area contributed by atoms with E-state index in [4.69, 9.17) is 23.2 Å². The Balaban J connectivity index is 1.42. The molecule has 5 aromatic rings. The van der Waals surface area contributed by atoms with Gasteiger partial charge in [0, 0.05) is 32.2 Å². The zero-order valence-corrected chi connectivity index (χ0v) is 24.1. The summed E-state index contributed by atoms with van der Waals surface area (Å²) in [6.07, 6.45) is 3.73. The summed E-state index contributed by atoms with van der Waals surface area (Å²) in [5.41, 5.74) is -0.807. The molecule has 1 N–H and O–H groups in total. The van der Waals surface area contributed by atoms with Crippen LogP contribution >= 0.6 is 23.2 Å². The number of fused-ring (bicyclic) bond motifs is 1. The van der Waals surface area contributed by atoms with Crippen molar-refractivity contribution in [3.63, 3.8) is 0 Å². The number of carbonyl (C=O) groups is 1. The summed E-state index contributed by atoms with van der Waals surface area (Å²) in [4.78, 5) is 49.0. The lowest BCUT2D eigenvalue weighted by Gasteiger charge is -2.16. The van der Waals surface area contributed by atoms with Crippen molar-refractivity contribution in [2.75, 3.05) is 18.9 Å². The number of anilines is 2. The third kappa shape index (κ3) is 5.36. The molecule has 0 bridgehead atoms. The number of nitrogens with zero attached hydrogens (tertiary/aromatic N) is 9. The molecular weight excluding hydrogens is 609 g/mol. The van der Waals surface area contributed by atoms with Crippen LogP contribution in [-0.2, 0) is 24.9 Å². The molecule has 1 aliphatic rings. The van der Waals surface area contributed by atoms with Gasteiger partial charge in [-0.3, -0.25) is 18.7 Å². The first-order valence-electron chi connectivity index (χ1n) is 12.9. The number of amides is 1. The second kappa shape index (κ2) is 10.9. The number of rotatable bonds is 7. The van der Waals surface area contributed by atoms with Gasteiger partial charge in [-0.1, -0.05) is 23.2 Å². The summed E-state index contributed by atoms with van der Waals surface area (Å²) in [6.45, 7) is -0.0109. The number of aromatic nitrogens is 8. The highest BCUT2D eigenvalue weighted by atomic mass is 35.5. The highest BCUT2D eigenvalue weighted by Crippen LogP contribution is 2.31. The zero-order valence-electron chi connectivity index (χ0n) is 22.6.